The van der Waals surface area contributed by atoms with Gasteiger partial charge in [-0.15, -0.1) is 11.8 Å². The van der Waals surface area contributed by atoms with E-state index in [-0.39, 0.29) is 39.9 Å². The molecule has 0 fully saturated rings. The van der Waals surface area contributed by atoms with E-state index < -0.39 is 35.0 Å². The summed E-state index contributed by atoms with van der Waals surface area (Å²) in [5.74, 6) is -0.809. The van der Waals surface area contributed by atoms with Gasteiger partial charge in [0, 0.05) is 22.6 Å². The van der Waals surface area contributed by atoms with Crippen molar-refractivity contribution in [1.82, 2.24) is 25.1 Å². The summed E-state index contributed by atoms with van der Waals surface area (Å²) in [5.41, 5.74) is -1.43. The zero-order valence-electron chi connectivity index (χ0n) is 23.5. The molecule has 6 rings (SSSR count). The summed E-state index contributed by atoms with van der Waals surface area (Å²) in [6, 6.07) is 9.63. The van der Waals surface area contributed by atoms with E-state index >= 15 is 0 Å². The Balaban J connectivity index is 1.55. The zero-order valence-corrected chi connectivity index (χ0v) is 26.7. The number of amides is 1. The molecule has 0 aliphatic carbocycles. The fraction of sp³-hybridized carbons (Fsp3) is 0.200. The van der Waals surface area contributed by atoms with E-state index in [1.165, 1.54) is 36.2 Å². The van der Waals surface area contributed by atoms with Crippen LogP contribution < -0.4 is 5.32 Å². The standard InChI is InChI=1S/C30H19Cl2F6N5OS2/c1-13-23(15-7-16(29(33,34)35)9-17(8-15)30(36,37)38)25(26(44)40-12-18-5-3-4-6-39-18)43(42-13)28-41-24-20-11-22(32)21(31)10-19(20)14(2)45-27(24)46-28/h3-11,14H,12H2,1-2H3,(H,40,44). The van der Waals surface area contributed by atoms with Crippen molar-refractivity contribution in [3.05, 3.63) is 98.5 Å². The first kappa shape index (κ1) is 32.4. The number of aryl methyl sites for hydroxylation is 1. The Hall–Kier alpha value is -3.59. The summed E-state index contributed by atoms with van der Waals surface area (Å²) in [6.07, 6.45) is -8.68. The molecule has 1 N–H and O–H groups in total. The van der Waals surface area contributed by atoms with Crippen molar-refractivity contribution >= 4 is 52.2 Å². The number of aromatic nitrogens is 4. The number of nitrogens with zero attached hydrogens (tertiary/aromatic N) is 4. The van der Waals surface area contributed by atoms with Gasteiger partial charge in [-0.1, -0.05) is 40.6 Å². The number of pyridine rings is 1. The molecule has 0 radical (unpaired) electrons. The summed E-state index contributed by atoms with van der Waals surface area (Å²) in [5, 5.41) is 7.90. The highest BCUT2D eigenvalue weighted by atomic mass is 35.5. The maximum absolute atomic E-state index is 13.9. The van der Waals surface area contributed by atoms with Gasteiger partial charge >= 0.3 is 12.4 Å². The van der Waals surface area contributed by atoms with Crippen LogP contribution in [0.15, 0.2) is 58.9 Å². The van der Waals surface area contributed by atoms with E-state index in [2.05, 4.69) is 15.4 Å². The molecular formula is C30H19Cl2F6N5OS2. The van der Waals surface area contributed by atoms with E-state index in [1.807, 2.05) is 6.92 Å². The number of carbonyl (C=O) groups is 1. The fourth-order valence-electron chi connectivity index (χ4n) is 5.04. The molecule has 1 unspecified atom stereocenters. The van der Waals surface area contributed by atoms with Crippen LogP contribution in [0.25, 0.3) is 27.5 Å². The van der Waals surface area contributed by atoms with E-state index in [9.17, 15) is 31.1 Å². The van der Waals surface area contributed by atoms with Crippen LogP contribution in [0.3, 0.4) is 0 Å². The van der Waals surface area contributed by atoms with Crippen molar-refractivity contribution in [2.75, 3.05) is 0 Å². The van der Waals surface area contributed by atoms with Gasteiger partial charge in [-0.3, -0.25) is 9.78 Å². The summed E-state index contributed by atoms with van der Waals surface area (Å²) < 4.78 is 84.8. The molecule has 16 heteroatoms. The van der Waals surface area contributed by atoms with Gasteiger partial charge in [-0.05, 0) is 67.4 Å². The maximum atomic E-state index is 13.9. The Morgan fingerprint density at radius 3 is 2.30 bits per heavy atom. The van der Waals surface area contributed by atoms with Gasteiger partial charge in [0.1, 0.15) is 5.69 Å². The molecule has 1 aliphatic rings. The molecule has 2 aromatic carbocycles. The van der Waals surface area contributed by atoms with E-state index in [0.29, 0.717) is 39.1 Å². The highest BCUT2D eigenvalue weighted by Gasteiger charge is 2.38. The Morgan fingerprint density at radius 1 is 1.00 bits per heavy atom. The van der Waals surface area contributed by atoms with Crippen LogP contribution in [0.1, 0.15) is 50.7 Å². The normalized spacial score (nSPS) is 14.6. The number of thiazole rings is 1. The molecule has 3 aromatic heterocycles. The van der Waals surface area contributed by atoms with Crippen LogP contribution in [-0.4, -0.2) is 25.7 Å². The number of hydrogen-bond acceptors (Lipinski definition) is 6. The number of benzene rings is 2. The lowest BCUT2D eigenvalue weighted by Gasteiger charge is -2.21. The van der Waals surface area contributed by atoms with Gasteiger partial charge in [0.05, 0.1) is 49.0 Å². The molecule has 0 saturated heterocycles. The van der Waals surface area contributed by atoms with Gasteiger partial charge < -0.3 is 5.32 Å². The molecule has 46 heavy (non-hydrogen) atoms. The second-order valence-electron chi connectivity index (χ2n) is 10.3. The average Bonchev–Trinajstić information content (AvgIpc) is 3.57. The van der Waals surface area contributed by atoms with E-state index in [4.69, 9.17) is 28.2 Å². The zero-order chi connectivity index (χ0) is 33.1. The molecule has 0 saturated carbocycles. The van der Waals surface area contributed by atoms with Crippen LogP contribution in [0.4, 0.5) is 26.3 Å². The minimum Gasteiger partial charge on any atom is -0.345 e. The first-order valence-electron chi connectivity index (χ1n) is 13.4. The number of hydrogen-bond donors (Lipinski definition) is 1. The minimum absolute atomic E-state index is 0.0138. The first-order chi connectivity index (χ1) is 21.6. The van der Waals surface area contributed by atoms with E-state index in [1.54, 1.807) is 30.3 Å². The average molecular weight is 715 g/mol. The SMILES string of the molecule is Cc1nn(-c2nc3c(s2)SC(C)c2cc(Cl)c(Cl)cc2-3)c(C(=O)NCc2ccccn2)c1-c1cc(C(F)(F)F)cc(C(F)(F)F)c1. The topological polar surface area (TPSA) is 72.7 Å². The summed E-state index contributed by atoms with van der Waals surface area (Å²) >= 11 is 15.2. The smallest absolute Gasteiger partial charge is 0.345 e. The second-order valence-corrected chi connectivity index (χ2v) is 13.7. The molecule has 238 valence electrons. The molecule has 6 nitrogen and oxygen atoms in total. The van der Waals surface area contributed by atoms with Crippen molar-refractivity contribution < 1.29 is 31.1 Å². The van der Waals surface area contributed by atoms with Crippen molar-refractivity contribution in [1.29, 1.82) is 0 Å². The summed E-state index contributed by atoms with van der Waals surface area (Å²) in [6.45, 7) is 3.29. The molecule has 1 atom stereocenters. The Morgan fingerprint density at radius 2 is 1.67 bits per heavy atom. The first-order valence-corrected chi connectivity index (χ1v) is 15.8. The number of rotatable bonds is 5. The predicted molar refractivity (Wildman–Crippen MR) is 165 cm³/mol. The molecule has 1 aliphatic heterocycles. The second kappa shape index (κ2) is 11.9. The monoisotopic (exact) mass is 713 g/mol. The lowest BCUT2D eigenvalue weighted by molar-refractivity contribution is -0.143. The summed E-state index contributed by atoms with van der Waals surface area (Å²) in [4.78, 5) is 22.7. The molecule has 0 bridgehead atoms. The lowest BCUT2D eigenvalue weighted by atomic mass is 9.97. The number of thioether (sulfide) groups is 1. The van der Waals surface area contributed by atoms with Gasteiger partial charge in [-0.2, -0.15) is 36.1 Å². The highest BCUT2D eigenvalue weighted by molar-refractivity contribution is 8.01. The fourth-order valence-corrected chi connectivity index (χ4v) is 7.91. The van der Waals surface area contributed by atoms with Crippen LogP contribution in [0.2, 0.25) is 10.0 Å². The van der Waals surface area contributed by atoms with Crippen molar-refractivity contribution in [3.8, 4) is 27.5 Å². The maximum Gasteiger partial charge on any atom is 0.416 e. The Bertz CT molecular complexity index is 1960. The quantitative estimate of drug-likeness (QED) is 0.184. The molecule has 4 heterocycles. The lowest BCUT2D eigenvalue weighted by Crippen LogP contribution is -2.26. The van der Waals surface area contributed by atoms with Crippen LogP contribution in [-0.2, 0) is 18.9 Å². The van der Waals surface area contributed by atoms with Crippen LogP contribution >= 0.6 is 46.3 Å². The van der Waals surface area contributed by atoms with Crippen molar-refractivity contribution in [2.24, 2.45) is 0 Å². The van der Waals surface area contributed by atoms with Crippen LogP contribution in [0.5, 0.6) is 0 Å². The Labute approximate surface area is 275 Å². The predicted octanol–water partition coefficient (Wildman–Crippen LogP) is 9.81. The largest absolute Gasteiger partial charge is 0.416 e. The van der Waals surface area contributed by atoms with Crippen LogP contribution in [0, 0.1) is 6.92 Å². The number of fused-ring (bicyclic) bond motifs is 3. The third kappa shape index (κ3) is 6.10. The van der Waals surface area contributed by atoms with Gasteiger partial charge in [0.2, 0.25) is 5.13 Å². The third-order valence-electron chi connectivity index (χ3n) is 7.14. The number of halogens is 8. The summed E-state index contributed by atoms with van der Waals surface area (Å²) in [7, 11) is 0. The van der Waals surface area contributed by atoms with Crippen molar-refractivity contribution in [2.45, 2.75) is 42.2 Å². The number of alkyl halides is 6. The minimum atomic E-state index is -5.10. The molecule has 1 amide bonds. The Kier molecular flexibility index (Phi) is 8.36. The van der Waals surface area contributed by atoms with Crippen molar-refractivity contribution in [3.63, 3.8) is 0 Å². The number of nitrogens with one attached hydrogen (secondary N) is 1. The highest BCUT2D eigenvalue weighted by Crippen LogP contribution is 2.53. The van der Waals surface area contributed by atoms with Gasteiger partial charge in [-0.25, -0.2) is 4.98 Å². The van der Waals surface area contributed by atoms with E-state index in [0.717, 1.165) is 14.5 Å². The van der Waals surface area contributed by atoms with Gasteiger partial charge in [0.25, 0.3) is 5.91 Å². The molecule has 5 aromatic rings. The molecular weight excluding hydrogens is 695 g/mol. The third-order valence-corrected chi connectivity index (χ3v) is 10.2. The molecule has 0 spiro atoms. The number of carbonyl (C=O) groups excluding carboxylic acids is 1. The van der Waals surface area contributed by atoms with Gasteiger partial charge in [0.15, 0.2) is 0 Å².